The summed E-state index contributed by atoms with van der Waals surface area (Å²) in [4.78, 5) is 21.2. The molecule has 2 unspecified atom stereocenters. The van der Waals surface area contributed by atoms with Crippen LogP contribution in [0.4, 0.5) is 0 Å². The number of hydrogen-bond donors (Lipinski definition) is 2. The number of carbonyl (C=O) groups excluding carboxylic acids is 2. The van der Waals surface area contributed by atoms with Gasteiger partial charge in [0, 0.05) is 13.3 Å². The summed E-state index contributed by atoms with van der Waals surface area (Å²) in [5.74, 6) is -0.601. The molecule has 5 atom stereocenters. The second-order valence-electron chi connectivity index (χ2n) is 4.44. The Morgan fingerprint density at radius 3 is 2.63 bits per heavy atom. The lowest BCUT2D eigenvalue weighted by Gasteiger charge is -2.40. The van der Waals surface area contributed by atoms with Crippen LogP contribution in [0.3, 0.4) is 0 Å². The average molecular weight is 276 g/mol. The van der Waals surface area contributed by atoms with Crippen molar-refractivity contribution in [2.24, 2.45) is 0 Å². The van der Waals surface area contributed by atoms with Crippen molar-refractivity contribution in [3.63, 3.8) is 0 Å². The molecule has 0 radical (unpaired) electrons. The van der Waals surface area contributed by atoms with E-state index in [1.54, 1.807) is 6.92 Å². The highest BCUT2D eigenvalue weighted by Crippen LogP contribution is 2.24. The predicted octanol–water partition coefficient (Wildman–Crippen LogP) is -0.620. The molecule has 0 spiro atoms. The zero-order valence-corrected chi connectivity index (χ0v) is 11.0. The van der Waals surface area contributed by atoms with Crippen molar-refractivity contribution in [2.45, 2.75) is 57.4 Å². The van der Waals surface area contributed by atoms with E-state index in [2.05, 4.69) is 0 Å². The van der Waals surface area contributed by atoms with Gasteiger partial charge in [-0.2, -0.15) is 0 Å². The molecule has 0 saturated carbocycles. The molecule has 2 N–H and O–H groups in total. The van der Waals surface area contributed by atoms with Gasteiger partial charge >= 0.3 is 5.97 Å². The first-order chi connectivity index (χ1) is 8.97. The number of rotatable bonds is 6. The standard InChI is InChI=1S/C12H20O7/c1-7-9(15)10(16)11(19-8(2)14)12(18-7)17-6-4-3-5-13/h5,7,9-12,15-16H,3-4,6H2,1-2H3/t7?,9-,10?,11-,12+/m0/s1. The highest BCUT2D eigenvalue weighted by molar-refractivity contribution is 5.66. The Hall–Kier alpha value is -1.02. The molecular weight excluding hydrogens is 256 g/mol. The van der Waals surface area contributed by atoms with Gasteiger partial charge in [0.1, 0.15) is 18.5 Å². The molecule has 1 aliphatic rings. The smallest absolute Gasteiger partial charge is 0.303 e. The fraction of sp³-hybridized carbons (Fsp3) is 0.833. The third-order valence-electron chi connectivity index (χ3n) is 2.83. The van der Waals surface area contributed by atoms with Crippen molar-refractivity contribution >= 4 is 12.3 Å². The Balaban J connectivity index is 2.61. The van der Waals surface area contributed by atoms with Crippen LogP contribution in [0.5, 0.6) is 0 Å². The number of ether oxygens (including phenoxy) is 3. The number of unbranched alkanes of at least 4 members (excludes halogenated alkanes) is 1. The summed E-state index contributed by atoms with van der Waals surface area (Å²) in [6.07, 6.45) is -3.48. The molecule has 1 aliphatic heterocycles. The zero-order chi connectivity index (χ0) is 14.4. The number of aliphatic hydroxyl groups excluding tert-OH is 2. The van der Waals surface area contributed by atoms with Crippen LogP contribution in [0.1, 0.15) is 26.7 Å². The van der Waals surface area contributed by atoms with Crippen LogP contribution in [0, 0.1) is 0 Å². The Labute approximate surface area is 111 Å². The Kier molecular flexibility index (Phi) is 6.36. The van der Waals surface area contributed by atoms with Crippen LogP contribution in [-0.2, 0) is 23.8 Å². The SMILES string of the molecule is CC(=O)O[C@H]1C(O)[C@@H](O)C(C)O[C@H]1OCCCC=O. The molecule has 7 heteroatoms. The van der Waals surface area contributed by atoms with Gasteiger partial charge in [-0.05, 0) is 13.3 Å². The van der Waals surface area contributed by atoms with Crippen LogP contribution in [0.2, 0.25) is 0 Å². The quantitative estimate of drug-likeness (QED) is 0.378. The fourth-order valence-corrected chi connectivity index (χ4v) is 1.82. The molecular formula is C12H20O7. The van der Waals surface area contributed by atoms with E-state index in [-0.39, 0.29) is 6.61 Å². The number of aliphatic hydroxyl groups is 2. The molecule has 0 aromatic rings. The molecule has 7 nitrogen and oxygen atoms in total. The van der Waals surface area contributed by atoms with Crippen molar-refractivity contribution in [1.29, 1.82) is 0 Å². The maximum atomic E-state index is 11.0. The van der Waals surface area contributed by atoms with Crippen LogP contribution in [-0.4, -0.2) is 59.8 Å². The number of carbonyl (C=O) groups is 2. The summed E-state index contributed by atoms with van der Waals surface area (Å²) >= 11 is 0. The number of aldehydes is 1. The summed E-state index contributed by atoms with van der Waals surface area (Å²) < 4.78 is 15.6. The molecule has 0 aliphatic carbocycles. The first-order valence-electron chi connectivity index (χ1n) is 6.21. The molecule has 1 fully saturated rings. The van der Waals surface area contributed by atoms with Crippen LogP contribution in [0.15, 0.2) is 0 Å². The molecule has 19 heavy (non-hydrogen) atoms. The average Bonchev–Trinajstić information content (AvgIpc) is 2.36. The molecule has 0 aromatic carbocycles. The normalized spacial score (nSPS) is 34.8. The lowest BCUT2D eigenvalue weighted by molar-refractivity contribution is -0.296. The van der Waals surface area contributed by atoms with E-state index < -0.39 is 36.7 Å². The number of hydrogen-bond acceptors (Lipinski definition) is 7. The second kappa shape index (κ2) is 7.54. The lowest BCUT2D eigenvalue weighted by Crippen LogP contribution is -2.58. The van der Waals surface area contributed by atoms with Gasteiger partial charge in [0.15, 0.2) is 12.4 Å². The first-order valence-corrected chi connectivity index (χ1v) is 6.21. The van der Waals surface area contributed by atoms with Crippen molar-refractivity contribution < 1.29 is 34.0 Å². The minimum Gasteiger partial charge on any atom is -0.454 e. The summed E-state index contributed by atoms with van der Waals surface area (Å²) in [5, 5.41) is 19.6. The van der Waals surface area contributed by atoms with Crippen LogP contribution >= 0.6 is 0 Å². The third-order valence-corrected chi connectivity index (χ3v) is 2.83. The van der Waals surface area contributed by atoms with Crippen LogP contribution in [0.25, 0.3) is 0 Å². The van der Waals surface area contributed by atoms with Gasteiger partial charge < -0.3 is 29.2 Å². The van der Waals surface area contributed by atoms with Crippen LogP contribution < -0.4 is 0 Å². The van der Waals surface area contributed by atoms with Crippen molar-refractivity contribution in [2.75, 3.05) is 6.61 Å². The molecule has 0 aromatic heterocycles. The van der Waals surface area contributed by atoms with E-state index in [1.807, 2.05) is 0 Å². The maximum Gasteiger partial charge on any atom is 0.303 e. The Morgan fingerprint density at radius 1 is 1.37 bits per heavy atom. The monoisotopic (exact) mass is 276 g/mol. The maximum absolute atomic E-state index is 11.0. The van der Waals surface area contributed by atoms with Gasteiger partial charge in [-0.15, -0.1) is 0 Å². The topological polar surface area (TPSA) is 102 Å². The van der Waals surface area contributed by atoms with Gasteiger partial charge in [0.2, 0.25) is 0 Å². The molecule has 0 amide bonds. The van der Waals surface area contributed by atoms with E-state index >= 15 is 0 Å². The Morgan fingerprint density at radius 2 is 2.05 bits per heavy atom. The van der Waals surface area contributed by atoms with Crippen molar-refractivity contribution in [3.8, 4) is 0 Å². The summed E-state index contributed by atoms with van der Waals surface area (Å²) in [6.45, 7) is 3.01. The first kappa shape index (κ1) is 16.0. The minimum atomic E-state index is -1.27. The zero-order valence-electron chi connectivity index (χ0n) is 11.0. The van der Waals surface area contributed by atoms with Crippen molar-refractivity contribution in [3.05, 3.63) is 0 Å². The minimum absolute atomic E-state index is 0.233. The molecule has 110 valence electrons. The van der Waals surface area contributed by atoms with Gasteiger partial charge in [-0.1, -0.05) is 0 Å². The van der Waals surface area contributed by atoms with E-state index in [0.29, 0.717) is 12.8 Å². The van der Waals surface area contributed by atoms with Gasteiger partial charge in [-0.3, -0.25) is 4.79 Å². The lowest BCUT2D eigenvalue weighted by atomic mass is 10.00. The van der Waals surface area contributed by atoms with Gasteiger partial charge in [0.25, 0.3) is 0 Å². The Bertz CT molecular complexity index is 306. The van der Waals surface area contributed by atoms with Gasteiger partial charge in [-0.25, -0.2) is 0 Å². The van der Waals surface area contributed by atoms with E-state index in [9.17, 15) is 19.8 Å². The molecule has 1 saturated heterocycles. The summed E-state index contributed by atoms with van der Waals surface area (Å²) in [6, 6.07) is 0. The largest absolute Gasteiger partial charge is 0.454 e. The highest BCUT2D eigenvalue weighted by Gasteiger charge is 2.45. The van der Waals surface area contributed by atoms with Crippen molar-refractivity contribution in [1.82, 2.24) is 0 Å². The van der Waals surface area contributed by atoms with Gasteiger partial charge in [0.05, 0.1) is 12.7 Å². The second-order valence-corrected chi connectivity index (χ2v) is 4.44. The molecule has 1 rings (SSSR count). The molecule has 1 heterocycles. The number of esters is 1. The predicted molar refractivity (Wildman–Crippen MR) is 63.2 cm³/mol. The highest BCUT2D eigenvalue weighted by atomic mass is 16.7. The third kappa shape index (κ3) is 4.54. The van der Waals surface area contributed by atoms with E-state index in [1.165, 1.54) is 6.92 Å². The van der Waals surface area contributed by atoms with E-state index in [0.717, 1.165) is 6.29 Å². The fourth-order valence-electron chi connectivity index (χ4n) is 1.82. The summed E-state index contributed by atoms with van der Waals surface area (Å²) in [7, 11) is 0. The van der Waals surface area contributed by atoms with E-state index in [4.69, 9.17) is 14.2 Å². The molecule has 0 bridgehead atoms. The summed E-state index contributed by atoms with van der Waals surface area (Å²) in [5.41, 5.74) is 0.